The molecule has 0 aliphatic heterocycles. The molecule has 0 radical (unpaired) electrons. The molecule has 112 valence electrons. The fourth-order valence-electron chi connectivity index (χ4n) is 1.84. The highest BCUT2D eigenvalue weighted by Gasteiger charge is 2.12. The maximum Gasteiger partial charge on any atom is 0.303 e. The first-order valence-electron chi connectivity index (χ1n) is 6.79. The topological polar surface area (TPSA) is 55.8 Å². The van der Waals surface area contributed by atoms with E-state index >= 15 is 0 Å². The lowest BCUT2D eigenvalue weighted by Crippen LogP contribution is -2.02. The molecule has 1 aromatic carbocycles. The van der Waals surface area contributed by atoms with Crippen molar-refractivity contribution in [3.8, 4) is 11.5 Å². The number of aliphatic carboxylic acids is 1. The van der Waals surface area contributed by atoms with Gasteiger partial charge in [0.25, 0.3) is 0 Å². The summed E-state index contributed by atoms with van der Waals surface area (Å²) in [5.41, 5.74) is 0.829. The van der Waals surface area contributed by atoms with Crippen molar-refractivity contribution in [1.82, 2.24) is 0 Å². The van der Waals surface area contributed by atoms with Crippen LogP contribution in [0.25, 0.3) is 0 Å². The van der Waals surface area contributed by atoms with Gasteiger partial charge in [-0.25, -0.2) is 0 Å². The van der Waals surface area contributed by atoms with Crippen LogP contribution in [0.4, 0.5) is 0 Å². The Hall–Kier alpha value is -1.42. The summed E-state index contributed by atoms with van der Waals surface area (Å²) < 4.78 is 10.9. The van der Waals surface area contributed by atoms with Gasteiger partial charge in [0.1, 0.15) is 0 Å². The summed E-state index contributed by atoms with van der Waals surface area (Å²) in [6, 6.07) is 3.52. The van der Waals surface area contributed by atoms with Crippen LogP contribution in [0.1, 0.15) is 38.2 Å². The summed E-state index contributed by atoms with van der Waals surface area (Å²) in [5.74, 6) is 0.249. The van der Waals surface area contributed by atoms with E-state index in [-0.39, 0.29) is 6.42 Å². The average molecular weight is 301 g/mol. The Morgan fingerprint density at radius 1 is 1.35 bits per heavy atom. The first-order chi connectivity index (χ1) is 9.58. The van der Waals surface area contributed by atoms with E-state index in [2.05, 4.69) is 6.92 Å². The number of halogens is 1. The third kappa shape index (κ3) is 5.29. The predicted octanol–water partition coefficient (Wildman–Crippen LogP) is 3.93. The van der Waals surface area contributed by atoms with Gasteiger partial charge < -0.3 is 14.6 Å². The second-order valence-corrected chi connectivity index (χ2v) is 4.97. The van der Waals surface area contributed by atoms with Crippen LogP contribution in [-0.4, -0.2) is 24.8 Å². The summed E-state index contributed by atoms with van der Waals surface area (Å²) in [6.07, 6.45) is 3.69. The summed E-state index contributed by atoms with van der Waals surface area (Å²) in [6.45, 7) is 2.73. The van der Waals surface area contributed by atoms with E-state index in [1.165, 1.54) is 0 Å². The molecule has 0 unspecified atom stereocenters. The van der Waals surface area contributed by atoms with Gasteiger partial charge in [-0.15, -0.1) is 0 Å². The molecule has 0 aromatic heterocycles. The molecule has 1 aromatic rings. The second kappa shape index (κ2) is 8.69. The van der Waals surface area contributed by atoms with E-state index in [9.17, 15) is 4.79 Å². The monoisotopic (exact) mass is 300 g/mol. The van der Waals surface area contributed by atoms with Crippen molar-refractivity contribution < 1.29 is 19.4 Å². The first kappa shape index (κ1) is 16.6. The van der Waals surface area contributed by atoms with Gasteiger partial charge in [-0.2, -0.15) is 0 Å². The average Bonchev–Trinajstić information content (AvgIpc) is 2.42. The van der Waals surface area contributed by atoms with E-state index in [1.54, 1.807) is 19.2 Å². The Morgan fingerprint density at radius 3 is 2.70 bits per heavy atom. The number of rotatable bonds is 9. The van der Waals surface area contributed by atoms with Crippen molar-refractivity contribution in [3.63, 3.8) is 0 Å². The standard InChI is InChI=1S/C15H21ClO4/c1-3-4-5-8-20-15-12(16)9-11(6-7-14(17)18)10-13(15)19-2/h9-10H,3-8H2,1-2H3,(H,17,18). The van der Waals surface area contributed by atoms with E-state index in [1.807, 2.05) is 0 Å². The summed E-state index contributed by atoms with van der Waals surface area (Å²) >= 11 is 6.19. The Kier molecular flexibility index (Phi) is 7.23. The van der Waals surface area contributed by atoms with Crippen LogP contribution in [0.2, 0.25) is 5.02 Å². The maximum absolute atomic E-state index is 10.6. The molecule has 1 rings (SSSR count). The number of carbonyl (C=O) groups is 1. The van der Waals surface area contributed by atoms with Crippen molar-refractivity contribution in [2.75, 3.05) is 13.7 Å². The third-order valence-electron chi connectivity index (χ3n) is 2.91. The molecule has 0 heterocycles. The number of unbranched alkanes of at least 4 members (excludes halogenated alkanes) is 2. The molecule has 0 amide bonds. The fraction of sp³-hybridized carbons (Fsp3) is 0.533. The highest BCUT2D eigenvalue weighted by Crippen LogP contribution is 2.36. The lowest BCUT2D eigenvalue weighted by molar-refractivity contribution is -0.136. The highest BCUT2D eigenvalue weighted by molar-refractivity contribution is 6.32. The van der Waals surface area contributed by atoms with Crippen LogP contribution in [0, 0.1) is 0 Å². The van der Waals surface area contributed by atoms with Gasteiger partial charge in [0.05, 0.1) is 18.7 Å². The minimum atomic E-state index is -0.833. The normalized spacial score (nSPS) is 10.3. The quantitative estimate of drug-likeness (QED) is 0.702. The molecule has 5 heteroatoms. The van der Waals surface area contributed by atoms with E-state index in [0.29, 0.717) is 29.5 Å². The molecule has 0 spiro atoms. The molecule has 0 saturated carbocycles. The third-order valence-corrected chi connectivity index (χ3v) is 3.19. The summed E-state index contributed by atoms with van der Waals surface area (Å²) in [4.78, 5) is 10.6. The maximum atomic E-state index is 10.6. The lowest BCUT2D eigenvalue weighted by atomic mass is 10.1. The SMILES string of the molecule is CCCCCOc1c(Cl)cc(CCC(=O)O)cc1OC. The zero-order valence-electron chi connectivity index (χ0n) is 11.9. The number of carboxylic acid groups (broad SMARTS) is 1. The number of methoxy groups -OCH3 is 1. The van der Waals surface area contributed by atoms with Gasteiger partial charge in [-0.1, -0.05) is 31.4 Å². The van der Waals surface area contributed by atoms with Crippen LogP contribution in [0.3, 0.4) is 0 Å². The van der Waals surface area contributed by atoms with E-state index in [4.69, 9.17) is 26.2 Å². The van der Waals surface area contributed by atoms with Crippen LogP contribution in [0.15, 0.2) is 12.1 Å². The van der Waals surface area contributed by atoms with Crippen molar-refractivity contribution in [2.24, 2.45) is 0 Å². The van der Waals surface area contributed by atoms with Crippen LogP contribution in [0.5, 0.6) is 11.5 Å². The zero-order valence-corrected chi connectivity index (χ0v) is 12.7. The first-order valence-corrected chi connectivity index (χ1v) is 7.17. The molecule has 1 N–H and O–H groups in total. The molecule has 0 atom stereocenters. The molecule has 20 heavy (non-hydrogen) atoms. The number of ether oxygens (including phenoxy) is 2. The van der Waals surface area contributed by atoms with Gasteiger partial charge in [0.2, 0.25) is 0 Å². The zero-order chi connectivity index (χ0) is 15.0. The van der Waals surface area contributed by atoms with Gasteiger partial charge in [-0.05, 0) is 30.5 Å². The Morgan fingerprint density at radius 2 is 2.10 bits per heavy atom. The minimum absolute atomic E-state index is 0.0657. The van der Waals surface area contributed by atoms with Crippen molar-refractivity contribution >= 4 is 17.6 Å². The molecular weight excluding hydrogens is 280 g/mol. The molecule has 0 fully saturated rings. The summed E-state index contributed by atoms with van der Waals surface area (Å²) in [5, 5.41) is 9.16. The van der Waals surface area contributed by atoms with Crippen molar-refractivity contribution in [2.45, 2.75) is 39.0 Å². The molecule has 0 aliphatic rings. The molecule has 0 aliphatic carbocycles. The lowest BCUT2D eigenvalue weighted by Gasteiger charge is -2.14. The number of carboxylic acids is 1. The second-order valence-electron chi connectivity index (χ2n) is 4.56. The van der Waals surface area contributed by atoms with Gasteiger partial charge in [0.15, 0.2) is 11.5 Å². The van der Waals surface area contributed by atoms with Gasteiger partial charge >= 0.3 is 5.97 Å². The fourth-order valence-corrected chi connectivity index (χ4v) is 2.12. The smallest absolute Gasteiger partial charge is 0.303 e. The molecular formula is C15H21ClO4. The molecule has 0 saturated heterocycles. The van der Waals surface area contributed by atoms with Gasteiger partial charge in [0, 0.05) is 6.42 Å². The largest absolute Gasteiger partial charge is 0.493 e. The van der Waals surface area contributed by atoms with E-state index < -0.39 is 5.97 Å². The number of aryl methyl sites for hydroxylation is 1. The molecule has 4 nitrogen and oxygen atoms in total. The number of benzene rings is 1. The molecule has 0 bridgehead atoms. The highest BCUT2D eigenvalue weighted by atomic mass is 35.5. The van der Waals surface area contributed by atoms with Crippen LogP contribution >= 0.6 is 11.6 Å². The number of hydrogen-bond donors (Lipinski definition) is 1. The number of hydrogen-bond acceptors (Lipinski definition) is 3. The Labute approximate surface area is 124 Å². The summed E-state index contributed by atoms with van der Waals surface area (Å²) in [7, 11) is 1.55. The Balaban J connectivity index is 2.76. The van der Waals surface area contributed by atoms with Crippen LogP contribution < -0.4 is 9.47 Å². The van der Waals surface area contributed by atoms with Crippen LogP contribution in [-0.2, 0) is 11.2 Å². The minimum Gasteiger partial charge on any atom is -0.493 e. The van der Waals surface area contributed by atoms with E-state index in [0.717, 1.165) is 24.8 Å². The predicted molar refractivity (Wildman–Crippen MR) is 79.0 cm³/mol. The van der Waals surface area contributed by atoms with Crippen molar-refractivity contribution in [3.05, 3.63) is 22.7 Å². The van der Waals surface area contributed by atoms with Crippen molar-refractivity contribution in [1.29, 1.82) is 0 Å². The Bertz CT molecular complexity index is 446. The van der Waals surface area contributed by atoms with Gasteiger partial charge in [-0.3, -0.25) is 4.79 Å².